The van der Waals surface area contributed by atoms with E-state index in [4.69, 9.17) is 4.74 Å². The number of aryl methyl sites for hydroxylation is 2. The van der Waals surface area contributed by atoms with Gasteiger partial charge in [-0.1, -0.05) is 36.4 Å². The molecule has 1 aromatic heterocycles. The summed E-state index contributed by atoms with van der Waals surface area (Å²) in [6.45, 7) is 8.08. The third-order valence-corrected chi connectivity index (χ3v) is 5.50. The lowest BCUT2D eigenvalue weighted by atomic mass is 10.00. The van der Waals surface area contributed by atoms with Gasteiger partial charge in [-0.15, -0.1) is 0 Å². The number of aromatic nitrogens is 1. The maximum absolute atomic E-state index is 5.65. The Bertz CT molecular complexity index is 881. The van der Waals surface area contributed by atoms with E-state index in [9.17, 15) is 0 Å². The summed E-state index contributed by atoms with van der Waals surface area (Å²) in [6.07, 6.45) is 3.38. The van der Waals surface area contributed by atoms with Gasteiger partial charge in [-0.25, -0.2) is 0 Å². The summed E-state index contributed by atoms with van der Waals surface area (Å²) >= 11 is 0. The summed E-state index contributed by atoms with van der Waals surface area (Å²) < 4.78 is 8.06. The van der Waals surface area contributed by atoms with Crippen LogP contribution < -0.4 is 4.74 Å². The van der Waals surface area contributed by atoms with Crippen LogP contribution in [0.15, 0.2) is 66.9 Å². The van der Waals surface area contributed by atoms with Crippen molar-refractivity contribution in [3.63, 3.8) is 0 Å². The Morgan fingerprint density at radius 2 is 1.78 bits per heavy atom. The molecule has 0 spiro atoms. The highest BCUT2D eigenvalue weighted by Crippen LogP contribution is 2.34. The van der Waals surface area contributed by atoms with Gasteiger partial charge in [0.05, 0.1) is 12.6 Å². The zero-order valence-electron chi connectivity index (χ0n) is 16.3. The molecular formula is C24H28N2O. The molecule has 0 saturated carbocycles. The first-order valence-corrected chi connectivity index (χ1v) is 9.92. The predicted molar refractivity (Wildman–Crippen MR) is 110 cm³/mol. The third-order valence-electron chi connectivity index (χ3n) is 5.50. The molecule has 1 unspecified atom stereocenters. The Labute approximate surface area is 162 Å². The fourth-order valence-corrected chi connectivity index (χ4v) is 4.11. The van der Waals surface area contributed by atoms with Crippen LogP contribution in [0.1, 0.15) is 41.8 Å². The minimum atomic E-state index is 0.262. The predicted octanol–water partition coefficient (Wildman–Crippen LogP) is 5.19. The molecule has 140 valence electrons. The molecular weight excluding hydrogens is 332 g/mol. The van der Waals surface area contributed by atoms with E-state index in [1.165, 1.54) is 28.8 Å². The summed E-state index contributed by atoms with van der Waals surface area (Å²) in [7, 11) is 0. The normalized spacial score (nSPS) is 17.3. The second-order valence-corrected chi connectivity index (χ2v) is 7.28. The van der Waals surface area contributed by atoms with E-state index in [1.54, 1.807) is 0 Å². The Kier molecular flexibility index (Phi) is 5.30. The van der Waals surface area contributed by atoms with Gasteiger partial charge in [-0.2, -0.15) is 0 Å². The van der Waals surface area contributed by atoms with Crippen molar-refractivity contribution < 1.29 is 4.74 Å². The maximum Gasteiger partial charge on any atom is 0.119 e. The van der Waals surface area contributed by atoms with Crippen molar-refractivity contribution in [1.29, 1.82) is 0 Å². The average Bonchev–Trinajstić information content (AvgIpc) is 3.06. The minimum Gasteiger partial charge on any atom is -0.494 e. The topological polar surface area (TPSA) is 17.4 Å². The van der Waals surface area contributed by atoms with Gasteiger partial charge in [-0.3, -0.25) is 4.90 Å². The number of ether oxygens (including phenoxy) is 1. The van der Waals surface area contributed by atoms with E-state index < -0.39 is 0 Å². The zero-order chi connectivity index (χ0) is 18.6. The fourth-order valence-electron chi connectivity index (χ4n) is 4.11. The van der Waals surface area contributed by atoms with Crippen LogP contribution in [0, 0.1) is 6.92 Å². The molecule has 3 nitrogen and oxygen atoms in total. The first-order valence-electron chi connectivity index (χ1n) is 9.92. The standard InChI is InChI=1S/C24H28N2O/c1-3-27-22-13-11-20(12-14-22)24-23-10-6-15-25(23)16-7-17-26(24)18-21-9-5-4-8-19(21)2/h4-6,8-15,24H,3,7,16-18H2,1-2H3. The Morgan fingerprint density at radius 3 is 2.56 bits per heavy atom. The summed E-state index contributed by atoms with van der Waals surface area (Å²) in [5, 5.41) is 0. The highest BCUT2D eigenvalue weighted by molar-refractivity contribution is 5.35. The molecule has 2 aromatic carbocycles. The summed E-state index contributed by atoms with van der Waals surface area (Å²) in [6, 6.07) is 22.1. The largest absolute Gasteiger partial charge is 0.494 e. The molecule has 0 amide bonds. The van der Waals surface area contributed by atoms with Gasteiger partial charge >= 0.3 is 0 Å². The summed E-state index contributed by atoms with van der Waals surface area (Å²) in [5.74, 6) is 0.940. The van der Waals surface area contributed by atoms with Crippen molar-refractivity contribution in [1.82, 2.24) is 9.47 Å². The number of hydrogen-bond acceptors (Lipinski definition) is 2. The molecule has 0 saturated heterocycles. The lowest BCUT2D eigenvalue weighted by Crippen LogP contribution is -2.29. The number of rotatable bonds is 5. The summed E-state index contributed by atoms with van der Waals surface area (Å²) in [4.78, 5) is 2.62. The smallest absolute Gasteiger partial charge is 0.119 e. The van der Waals surface area contributed by atoms with Crippen molar-refractivity contribution in [2.75, 3.05) is 13.2 Å². The van der Waals surface area contributed by atoms with E-state index in [-0.39, 0.29) is 6.04 Å². The molecule has 0 N–H and O–H groups in total. The fraction of sp³-hybridized carbons (Fsp3) is 0.333. The Morgan fingerprint density at radius 1 is 0.963 bits per heavy atom. The van der Waals surface area contributed by atoms with Gasteiger partial charge < -0.3 is 9.30 Å². The van der Waals surface area contributed by atoms with Crippen LogP contribution in [0.4, 0.5) is 0 Å². The van der Waals surface area contributed by atoms with Crippen molar-refractivity contribution in [3.8, 4) is 5.75 Å². The van der Waals surface area contributed by atoms with Gasteiger partial charge in [0.15, 0.2) is 0 Å². The molecule has 27 heavy (non-hydrogen) atoms. The molecule has 0 radical (unpaired) electrons. The Hall–Kier alpha value is -2.52. The molecule has 0 aliphatic carbocycles. The first-order chi connectivity index (χ1) is 13.3. The van der Waals surface area contributed by atoms with E-state index in [0.717, 1.165) is 25.4 Å². The quantitative estimate of drug-likeness (QED) is 0.623. The molecule has 1 atom stereocenters. The van der Waals surface area contributed by atoms with E-state index in [1.807, 2.05) is 6.92 Å². The average molecular weight is 361 g/mol. The molecule has 4 rings (SSSR count). The monoisotopic (exact) mass is 360 g/mol. The zero-order valence-corrected chi connectivity index (χ0v) is 16.3. The molecule has 3 aromatic rings. The van der Waals surface area contributed by atoms with Crippen LogP contribution in [0.25, 0.3) is 0 Å². The van der Waals surface area contributed by atoms with Gasteiger partial charge in [-0.05, 0) is 61.2 Å². The third kappa shape index (κ3) is 3.79. The lowest BCUT2D eigenvalue weighted by Gasteiger charge is -2.31. The van der Waals surface area contributed by atoms with E-state index in [0.29, 0.717) is 6.61 Å². The molecule has 0 fully saturated rings. The highest BCUT2D eigenvalue weighted by Gasteiger charge is 2.27. The van der Waals surface area contributed by atoms with Crippen molar-refractivity contribution in [2.24, 2.45) is 0 Å². The van der Waals surface area contributed by atoms with Crippen LogP contribution in [-0.4, -0.2) is 22.6 Å². The number of hydrogen-bond donors (Lipinski definition) is 0. The number of nitrogens with zero attached hydrogens (tertiary/aromatic N) is 2. The maximum atomic E-state index is 5.65. The minimum absolute atomic E-state index is 0.262. The van der Waals surface area contributed by atoms with Crippen molar-refractivity contribution in [2.45, 2.75) is 39.4 Å². The Balaban J connectivity index is 1.71. The van der Waals surface area contributed by atoms with Gasteiger partial charge in [0, 0.05) is 31.5 Å². The van der Waals surface area contributed by atoms with Crippen LogP contribution in [0.3, 0.4) is 0 Å². The SMILES string of the molecule is CCOc1ccc(C2c3cccn3CCCN2Cc2ccccc2C)cc1. The first kappa shape index (κ1) is 17.9. The van der Waals surface area contributed by atoms with Crippen LogP contribution >= 0.6 is 0 Å². The lowest BCUT2D eigenvalue weighted by molar-refractivity contribution is 0.220. The summed E-state index contributed by atoms with van der Waals surface area (Å²) in [5.41, 5.74) is 5.48. The molecule has 2 heterocycles. The second-order valence-electron chi connectivity index (χ2n) is 7.28. The van der Waals surface area contributed by atoms with E-state index in [2.05, 4.69) is 83.3 Å². The van der Waals surface area contributed by atoms with Gasteiger partial charge in [0.25, 0.3) is 0 Å². The second kappa shape index (κ2) is 8.01. The van der Waals surface area contributed by atoms with E-state index >= 15 is 0 Å². The molecule has 0 bridgehead atoms. The van der Waals surface area contributed by atoms with Crippen molar-refractivity contribution >= 4 is 0 Å². The van der Waals surface area contributed by atoms with Gasteiger partial charge in [0.1, 0.15) is 5.75 Å². The van der Waals surface area contributed by atoms with Crippen molar-refractivity contribution in [3.05, 3.63) is 89.2 Å². The molecule has 1 aliphatic heterocycles. The van der Waals surface area contributed by atoms with Gasteiger partial charge in [0.2, 0.25) is 0 Å². The van der Waals surface area contributed by atoms with Crippen LogP contribution in [0.2, 0.25) is 0 Å². The number of fused-ring (bicyclic) bond motifs is 1. The molecule has 1 aliphatic rings. The molecule has 3 heteroatoms. The highest BCUT2D eigenvalue weighted by atomic mass is 16.5. The van der Waals surface area contributed by atoms with Crippen LogP contribution in [0.5, 0.6) is 5.75 Å². The number of benzene rings is 2. The van der Waals surface area contributed by atoms with Crippen LogP contribution in [-0.2, 0) is 13.1 Å².